The van der Waals surface area contributed by atoms with Crippen LogP contribution in [-0.2, 0) is 0 Å². The lowest BCUT2D eigenvalue weighted by molar-refractivity contribution is -0.0836. The van der Waals surface area contributed by atoms with Gasteiger partial charge in [0.2, 0.25) is 0 Å². The first-order valence-corrected chi connectivity index (χ1v) is 8.63. The van der Waals surface area contributed by atoms with Crippen molar-refractivity contribution >= 4 is 0 Å². The van der Waals surface area contributed by atoms with Crippen molar-refractivity contribution in [1.82, 2.24) is 9.80 Å². The van der Waals surface area contributed by atoms with Gasteiger partial charge in [0.25, 0.3) is 0 Å². The summed E-state index contributed by atoms with van der Waals surface area (Å²) in [6.07, 6.45) is 5.46. The summed E-state index contributed by atoms with van der Waals surface area (Å²) in [5.41, 5.74) is 7.08. The van der Waals surface area contributed by atoms with Gasteiger partial charge in [-0.05, 0) is 69.1 Å². The Hall–Kier alpha value is -0.120. The monoisotopic (exact) mass is 279 g/mol. The molecule has 4 aliphatic heterocycles. The Bertz CT molecular complexity index is 333. The summed E-state index contributed by atoms with van der Waals surface area (Å²) in [7, 11) is 0. The molecule has 0 spiro atoms. The summed E-state index contributed by atoms with van der Waals surface area (Å²) in [5.74, 6) is 1.73. The van der Waals surface area contributed by atoms with E-state index in [1.807, 2.05) is 0 Å². The first kappa shape index (κ1) is 14.8. The molecule has 1 atom stereocenters. The molecule has 1 unspecified atom stereocenters. The average Bonchev–Trinajstić information content (AvgIpc) is 2.47. The van der Waals surface area contributed by atoms with Crippen LogP contribution in [0.3, 0.4) is 0 Å². The van der Waals surface area contributed by atoms with Crippen molar-refractivity contribution in [2.75, 3.05) is 39.3 Å². The highest BCUT2D eigenvalue weighted by atomic mass is 15.3. The number of rotatable bonds is 2. The molecule has 4 fully saturated rings. The topological polar surface area (TPSA) is 32.5 Å². The Morgan fingerprint density at radius 1 is 1.00 bits per heavy atom. The van der Waals surface area contributed by atoms with Gasteiger partial charge in [0, 0.05) is 18.6 Å². The first-order chi connectivity index (χ1) is 9.45. The average molecular weight is 279 g/mol. The summed E-state index contributed by atoms with van der Waals surface area (Å²) in [6, 6.07) is 0. The number of hydrogen-bond donors (Lipinski definition) is 1. The Morgan fingerprint density at radius 2 is 1.60 bits per heavy atom. The number of nitrogens with two attached hydrogens (primary N) is 1. The highest BCUT2D eigenvalue weighted by Gasteiger charge is 2.50. The molecule has 3 heteroatoms. The van der Waals surface area contributed by atoms with Crippen molar-refractivity contribution in [1.29, 1.82) is 0 Å². The van der Waals surface area contributed by atoms with Gasteiger partial charge in [-0.25, -0.2) is 0 Å². The highest BCUT2D eigenvalue weighted by Crippen LogP contribution is 2.42. The summed E-state index contributed by atoms with van der Waals surface area (Å²) in [4.78, 5) is 5.44. The van der Waals surface area contributed by atoms with E-state index in [0.717, 1.165) is 18.4 Å². The summed E-state index contributed by atoms with van der Waals surface area (Å²) in [5, 5.41) is 0. The van der Waals surface area contributed by atoms with Gasteiger partial charge in [0.1, 0.15) is 0 Å². The molecule has 2 bridgehead atoms. The van der Waals surface area contributed by atoms with E-state index in [9.17, 15) is 0 Å². The summed E-state index contributed by atoms with van der Waals surface area (Å²) in [6.45, 7) is 14.5. The van der Waals surface area contributed by atoms with Crippen LogP contribution in [0.1, 0.15) is 46.5 Å². The Balaban J connectivity index is 1.70. The molecule has 4 aliphatic rings. The molecular weight excluding hydrogens is 246 g/mol. The standard InChI is InChI=1S/C17H33N3/c1-16(2,3)14-6-10-20(11-7-14)17(12-18)13-19-8-4-15(17)5-9-19/h14-15H,4-13,18H2,1-3H3. The van der Waals surface area contributed by atoms with Gasteiger partial charge in [-0.15, -0.1) is 0 Å². The van der Waals surface area contributed by atoms with Crippen LogP contribution in [0.2, 0.25) is 0 Å². The lowest BCUT2D eigenvalue weighted by atomic mass is 9.69. The van der Waals surface area contributed by atoms with Gasteiger partial charge in [-0.2, -0.15) is 0 Å². The van der Waals surface area contributed by atoms with Gasteiger partial charge in [0.05, 0.1) is 0 Å². The number of piperidine rings is 4. The fourth-order valence-corrected chi connectivity index (χ4v) is 5.05. The van der Waals surface area contributed by atoms with Crippen LogP contribution >= 0.6 is 0 Å². The van der Waals surface area contributed by atoms with E-state index >= 15 is 0 Å². The molecule has 0 amide bonds. The fourth-order valence-electron chi connectivity index (χ4n) is 5.05. The van der Waals surface area contributed by atoms with Crippen LogP contribution in [0, 0.1) is 17.3 Å². The van der Waals surface area contributed by atoms with E-state index in [-0.39, 0.29) is 0 Å². The van der Waals surface area contributed by atoms with Crippen LogP contribution in [0.25, 0.3) is 0 Å². The van der Waals surface area contributed by atoms with Crippen molar-refractivity contribution in [3.63, 3.8) is 0 Å². The summed E-state index contributed by atoms with van der Waals surface area (Å²) < 4.78 is 0. The third kappa shape index (κ3) is 2.42. The SMILES string of the molecule is CC(C)(C)C1CCN(C2(CN)CN3CCC2CC3)CC1. The van der Waals surface area contributed by atoms with E-state index in [2.05, 4.69) is 30.6 Å². The zero-order chi connectivity index (χ0) is 14.4. The maximum Gasteiger partial charge on any atom is 0.0487 e. The molecule has 116 valence electrons. The number of likely N-dealkylation sites (tertiary alicyclic amines) is 1. The number of fused-ring (bicyclic) bond motifs is 3. The van der Waals surface area contributed by atoms with Crippen LogP contribution < -0.4 is 5.73 Å². The minimum Gasteiger partial charge on any atom is -0.329 e. The van der Waals surface area contributed by atoms with Crippen molar-refractivity contribution < 1.29 is 0 Å². The van der Waals surface area contributed by atoms with Crippen molar-refractivity contribution in [3.05, 3.63) is 0 Å². The minimum absolute atomic E-state index is 0.305. The zero-order valence-electron chi connectivity index (χ0n) is 13.7. The van der Waals surface area contributed by atoms with E-state index in [0.29, 0.717) is 11.0 Å². The molecule has 0 aromatic heterocycles. The Labute approximate surface area is 124 Å². The van der Waals surface area contributed by atoms with Gasteiger partial charge < -0.3 is 10.6 Å². The molecule has 2 N–H and O–H groups in total. The second kappa shape index (κ2) is 5.26. The van der Waals surface area contributed by atoms with E-state index < -0.39 is 0 Å². The lowest BCUT2D eigenvalue weighted by Crippen LogP contribution is -2.71. The van der Waals surface area contributed by atoms with Crippen molar-refractivity contribution in [3.8, 4) is 0 Å². The molecule has 4 heterocycles. The smallest absolute Gasteiger partial charge is 0.0487 e. The summed E-state index contributed by atoms with van der Waals surface area (Å²) >= 11 is 0. The molecule has 0 aliphatic carbocycles. The molecule has 4 rings (SSSR count). The molecule has 4 saturated heterocycles. The number of nitrogens with zero attached hydrogens (tertiary/aromatic N) is 2. The Morgan fingerprint density at radius 3 is 2.00 bits per heavy atom. The second-order valence-corrected chi connectivity index (χ2v) is 8.49. The van der Waals surface area contributed by atoms with Gasteiger partial charge in [-0.3, -0.25) is 4.90 Å². The molecule has 0 aromatic carbocycles. The van der Waals surface area contributed by atoms with E-state index in [1.54, 1.807) is 0 Å². The van der Waals surface area contributed by atoms with Crippen LogP contribution in [0.4, 0.5) is 0 Å². The quantitative estimate of drug-likeness (QED) is 0.841. The normalized spacial score (nSPS) is 40.2. The van der Waals surface area contributed by atoms with Gasteiger partial charge in [0.15, 0.2) is 0 Å². The molecular formula is C17H33N3. The third-order valence-electron chi connectivity index (χ3n) is 6.55. The van der Waals surface area contributed by atoms with Crippen molar-refractivity contribution in [2.24, 2.45) is 23.0 Å². The lowest BCUT2D eigenvalue weighted by Gasteiger charge is -2.59. The predicted octanol–water partition coefficient (Wildman–Crippen LogP) is 2.17. The van der Waals surface area contributed by atoms with Crippen LogP contribution in [0.15, 0.2) is 0 Å². The van der Waals surface area contributed by atoms with Crippen LogP contribution in [0.5, 0.6) is 0 Å². The molecule has 0 radical (unpaired) electrons. The highest BCUT2D eigenvalue weighted by molar-refractivity contribution is 5.07. The van der Waals surface area contributed by atoms with Crippen LogP contribution in [-0.4, -0.2) is 54.6 Å². The fraction of sp³-hybridized carbons (Fsp3) is 1.00. The minimum atomic E-state index is 0.305. The predicted molar refractivity (Wildman–Crippen MR) is 84.7 cm³/mol. The van der Waals surface area contributed by atoms with E-state index in [4.69, 9.17) is 5.73 Å². The van der Waals surface area contributed by atoms with E-state index in [1.165, 1.54) is 58.4 Å². The van der Waals surface area contributed by atoms with Gasteiger partial charge in [-0.1, -0.05) is 20.8 Å². The Kier molecular flexibility index (Phi) is 3.89. The second-order valence-electron chi connectivity index (χ2n) is 8.49. The molecule has 20 heavy (non-hydrogen) atoms. The van der Waals surface area contributed by atoms with Gasteiger partial charge >= 0.3 is 0 Å². The number of hydrogen-bond acceptors (Lipinski definition) is 3. The largest absolute Gasteiger partial charge is 0.329 e. The molecule has 3 nitrogen and oxygen atoms in total. The third-order valence-corrected chi connectivity index (χ3v) is 6.55. The maximum atomic E-state index is 6.31. The van der Waals surface area contributed by atoms with Crippen molar-refractivity contribution in [2.45, 2.75) is 52.0 Å². The molecule has 0 saturated carbocycles. The molecule has 0 aromatic rings. The zero-order valence-corrected chi connectivity index (χ0v) is 13.7. The maximum absolute atomic E-state index is 6.31. The first-order valence-electron chi connectivity index (χ1n) is 8.63.